The number of ether oxygens (including phenoxy) is 1. The van der Waals surface area contributed by atoms with Gasteiger partial charge in [0.15, 0.2) is 0 Å². The predicted molar refractivity (Wildman–Crippen MR) is 109 cm³/mol. The number of benzene rings is 1. The maximum absolute atomic E-state index is 12.7. The highest BCUT2D eigenvalue weighted by atomic mass is 16.5. The highest BCUT2D eigenvalue weighted by Gasteiger charge is 2.31. The fraction of sp³-hybridized carbons (Fsp3) is 0.636. The van der Waals surface area contributed by atoms with E-state index in [0.717, 1.165) is 56.8 Å². The van der Waals surface area contributed by atoms with Crippen molar-refractivity contribution in [3.63, 3.8) is 0 Å². The number of hydrogen-bond acceptors (Lipinski definition) is 4. The van der Waals surface area contributed by atoms with Crippen LogP contribution in [0.25, 0.3) is 0 Å². The van der Waals surface area contributed by atoms with Gasteiger partial charge in [-0.25, -0.2) is 0 Å². The van der Waals surface area contributed by atoms with Crippen LogP contribution in [0.15, 0.2) is 24.3 Å². The highest BCUT2D eigenvalue weighted by molar-refractivity contribution is 5.80. The predicted octanol–water partition coefficient (Wildman–Crippen LogP) is 2.03. The van der Waals surface area contributed by atoms with Gasteiger partial charge in [-0.2, -0.15) is 0 Å². The van der Waals surface area contributed by atoms with Gasteiger partial charge in [0, 0.05) is 51.6 Å². The van der Waals surface area contributed by atoms with Gasteiger partial charge in [-0.05, 0) is 50.9 Å². The van der Waals surface area contributed by atoms with Gasteiger partial charge in [0.2, 0.25) is 11.8 Å². The van der Waals surface area contributed by atoms with E-state index >= 15 is 0 Å². The van der Waals surface area contributed by atoms with Gasteiger partial charge in [-0.15, -0.1) is 0 Å². The number of piperidine rings is 1. The van der Waals surface area contributed by atoms with E-state index in [1.54, 1.807) is 0 Å². The molecule has 3 rings (SSSR count). The first-order valence-corrected chi connectivity index (χ1v) is 10.5. The monoisotopic (exact) mass is 387 g/mol. The summed E-state index contributed by atoms with van der Waals surface area (Å²) < 4.78 is 5.45. The second-order valence-corrected chi connectivity index (χ2v) is 7.86. The SMILES string of the molecule is CCOc1ccc(CCC(=O)N2CCC(C(=O)N3CCN(C)CC3)CC2)cc1. The Hall–Kier alpha value is -2.08. The zero-order valence-electron chi connectivity index (χ0n) is 17.2. The molecule has 1 aromatic rings. The third-order valence-corrected chi connectivity index (χ3v) is 5.87. The van der Waals surface area contributed by atoms with Crippen LogP contribution >= 0.6 is 0 Å². The van der Waals surface area contributed by atoms with E-state index in [4.69, 9.17) is 4.74 Å². The van der Waals surface area contributed by atoms with E-state index in [0.29, 0.717) is 26.1 Å². The summed E-state index contributed by atoms with van der Waals surface area (Å²) in [6, 6.07) is 7.97. The Labute approximate surface area is 168 Å². The number of likely N-dealkylation sites (N-methyl/N-ethyl adjacent to an activating group) is 1. The normalized spacial score (nSPS) is 18.9. The van der Waals surface area contributed by atoms with Crippen LogP contribution in [0, 0.1) is 5.92 Å². The topological polar surface area (TPSA) is 53.1 Å². The lowest BCUT2D eigenvalue weighted by molar-refractivity contribution is -0.141. The molecule has 0 saturated carbocycles. The number of piperazine rings is 1. The smallest absolute Gasteiger partial charge is 0.225 e. The van der Waals surface area contributed by atoms with Crippen molar-refractivity contribution in [2.24, 2.45) is 5.92 Å². The first-order chi connectivity index (χ1) is 13.6. The van der Waals surface area contributed by atoms with Crippen LogP contribution < -0.4 is 4.74 Å². The Balaban J connectivity index is 1.40. The molecule has 2 amide bonds. The number of carbonyl (C=O) groups excluding carboxylic acids is 2. The molecule has 154 valence electrons. The average Bonchev–Trinajstić information content (AvgIpc) is 2.73. The summed E-state index contributed by atoms with van der Waals surface area (Å²) in [5.74, 6) is 1.43. The van der Waals surface area contributed by atoms with Gasteiger partial charge in [-0.1, -0.05) is 12.1 Å². The van der Waals surface area contributed by atoms with Crippen molar-refractivity contribution in [3.05, 3.63) is 29.8 Å². The molecule has 6 heteroatoms. The number of nitrogens with zero attached hydrogens (tertiary/aromatic N) is 3. The quantitative estimate of drug-likeness (QED) is 0.750. The Kier molecular flexibility index (Phi) is 7.31. The van der Waals surface area contributed by atoms with Crippen molar-refractivity contribution in [1.82, 2.24) is 14.7 Å². The Morgan fingerprint density at radius 2 is 1.61 bits per heavy atom. The van der Waals surface area contributed by atoms with E-state index in [2.05, 4.69) is 11.9 Å². The number of amides is 2. The molecule has 6 nitrogen and oxygen atoms in total. The standard InChI is InChI=1S/C22H33N3O3/c1-3-28-20-7-4-18(5-8-20)6-9-21(26)24-12-10-19(11-13-24)22(27)25-16-14-23(2)15-17-25/h4-5,7-8,19H,3,6,9-17H2,1-2H3. The second kappa shape index (κ2) is 9.92. The van der Waals surface area contributed by atoms with Crippen molar-refractivity contribution < 1.29 is 14.3 Å². The van der Waals surface area contributed by atoms with Gasteiger partial charge >= 0.3 is 0 Å². The van der Waals surface area contributed by atoms with Crippen molar-refractivity contribution >= 4 is 11.8 Å². The Morgan fingerprint density at radius 1 is 0.964 bits per heavy atom. The van der Waals surface area contributed by atoms with Crippen LogP contribution in [0.2, 0.25) is 0 Å². The number of rotatable bonds is 6. The Bertz CT molecular complexity index is 645. The lowest BCUT2D eigenvalue weighted by atomic mass is 9.94. The van der Waals surface area contributed by atoms with E-state index in [-0.39, 0.29) is 17.7 Å². The minimum atomic E-state index is 0.0820. The molecule has 0 spiro atoms. The molecular formula is C22H33N3O3. The lowest BCUT2D eigenvalue weighted by Gasteiger charge is -2.37. The molecule has 0 radical (unpaired) electrons. The number of likely N-dealkylation sites (tertiary alicyclic amines) is 1. The summed E-state index contributed by atoms with van der Waals surface area (Å²) >= 11 is 0. The highest BCUT2D eigenvalue weighted by Crippen LogP contribution is 2.21. The minimum absolute atomic E-state index is 0.0820. The van der Waals surface area contributed by atoms with Crippen LogP contribution in [-0.4, -0.2) is 79.4 Å². The van der Waals surface area contributed by atoms with Gasteiger partial charge in [0.05, 0.1) is 6.61 Å². The maximum atomic E-state index is 12.7. The van der Waals surface area contributed by atoms with Crippen LogP contribution in [-0.2, 0) is 16.0 Å². The summed E-state index contributed by atoms with van der Waals surface area (Å²) in [6.07, 6.45) is 2.84. The first-order valence-electron chi connectivity index (χ1n) is 10.5. The average molecular weight is 388 g/mol. The van der Waals surface area contributed by atoms with Gasteiger partial charge < -0.3 is 19.4 Å². The summed E-state index contributed by atoms with van der Waals surface area (Å²) in [7, 11) is 2.10. The zero-order chi connectivity index (χ0) is 19.9. The van der Waals surface area contributed by atoms with Crippen LogP contribution in [0.1, 0.15) is 31.7 Å². The molecule has 2 aliphatic rings. The molecule has 0 atom stereocenters. The van der Waals surface area contributed by atoms with Crippen LogP contribution in [0.4, 0.5) is 0 Å². The summed E-state index contributed by atoms with van der Waals surface area (Å²) in [6.45, 7) is 7.59. The molecule has 0 aromatic heterocycles. The summed E-state index contributed by atoms with van der Waals surface area (Å²) in [5.41, 5.74) is 1.15. The molecule has 2 fully saturated rings. The van der Waals surface area contributed by atoms with Gasteiger partial charge in [-0.3, -0.25) is 9.59 Å². The summed E-state index contributed by atoms with van der Waals surface area (Å²) in [5, 5.41) is 0. The third-order valence-electron chi connectivity index (χ3n) is 5.87. The largest absolute Gasteiger partial charge is 0.494 e. The minimum Gasteiger partial charge on any atom is -0.494 e. The third kappa shape index (κ3) is 5.47. The van der Waals surface area contributed by atoms with Gasteiger partial charge in [0.1, 0.15) is 5.75 Å². The zero-order valence-corrected chi connectivity index (χ0v) is 17.2. The fourth-order valence-electron chi connectivity index (χ4n) is 3.99. The van der Waals surface area contributed by atoms with Crippen molar-refractivity contribution in [3.8, 4) is 5.75 Å². The lowest BCUT2D eigenvalue weighted by Crippen LogP contribution is -2.51. The molecule has 0 aliphatic carbocycles. The molecule has 2 saturated heterocycles. The first kappa shape index (κ1) is 20.6. The fourth-order valence-corrected chi connectivity index (χ4v) is 3.99. The molecule has 0 bridgehead atoms. The van der Waals surface area contributed by atoms with Crippen molar-refractivity contribution in [2.45, 2.75) is 32.6 Å². The van der Waals surface area contributed by atoms with Crippen molar-refractivity contribution in [2.75, 3.05) is 52.9 Å². The molecular weight excluding hydrogens is 354 g/mol. The van der Waals surface area contributed by atoms with E-state index < -0.39 is 0 Å². The van der Waals surface area contributed by atoms with Gasteiger partial charge in [0.25, 0.3) is 0 Å². The Morgan fingerprint density at radius 3 is 2.21 bits per heavy atom. The number of hydrogen-bond donors (Lipinski definition) is 0. The van der Waals surface area contributed by atoms with E-state index in [1.807, 2.05) is 41.0 Å². The maximum Gasteiger partial charge on any atom is 0.225 e. The number of carbonyl (C=O) groups is 2. The van der Waals surface area contributed by atoms with E-state index in [1.165, 1.54) is 0 Å². The molecule has 2 aliphatic heterocycles. The number of aryl methyl sites for hydroxylation is 1. The molecule has 28 heavy (non-hydrogen) atoms. The molecule has 0 unspecified atom stereocenters. The molecule has 0 N–H and O–H groups in total. The van der Waals surface area contributed by atoms with Crippen LogP contribution in [0.3, 0.4) is 0 Å². The molecule has 2 heterocycles. The molecule has 1 aromatic carbocycles. The van der Waals surface area contributed by atoms with Crippen molar-refractivity contribution in [1.29, 1.82) is 0 Å². The summed E-state index contributed by atoms with van der Waals surface area (Å²) in [4.78, 5) is 31.5. The van der Waals surface area contributed by atoms with E-state index in [9.17, 15) is 9.59 Å². The second-order valence-electron chi connectivity index (χ2n) is 7.86. The van der Waals surface area contributed by atoms with Crippen LogP contribution in [0.5, 0.6) is 5.75 Å².